The molecule has 3 rings (SSSR count). The van der Waals surface area contributed by atoms with Gasteiger partial charge in [-0.2, -0.15) is 0 Å². The Morgan fingerprint density at radius 3 is 2.50 bits per heavy atom. The van der Waals surface area contributed by atoms with E-state index in [9.17, 15) is 9.59 Å². The highest BCUT2D eigenvalue weighted by Gasteiger charge is 2.22. The molecule has 1 aromatic heterocycles. The first kappa shape index (κ1) is 24.3. The number of carbonyl (C=O) groups excluding carboxylic acids is 2. The number of unbranched alkanes of at least 4 members (excludes halogenated alkanes) is 2. The Morgan fingerprint density at radius 2 is 1.80 bits per heavy atom. The van der Waals surface area contributed by atoms with Gasteiger partial charge in [-0.05, 0) is 44.0 Å². The van der Waals surface area contributed by atoms with Gasteiger partial charge in [0, 0.05) is 38.7 Å². The molecule has 2 heterocycles. The van der Waals surface area contributed by atoms with Crippen LogP contribution in [0.1, 0.15) is 41.0 Å². The van der Waals surface area contributed by atoms with Gasteiger partial charge in [-0.1, -0.05) is 38.5 Å². The summed E-state index contributed by atoms with van der Waals surface area (Å²) in [5, 5.41) is 8.18. The second-order valence-corrected chi connectivity index (χ2v) is 8.35. The third kappa shape index (κ3) is 7.70. The molecule has 0 atom stereocenters. The number of piperazine rings is 1. The van der Waals surface area contributed by atoms with E-state index in [0.717, 1.165) is 49.3 Å². The number of thiophene rings is 1. The number of carbonyl (C=O) groups is 2. The third-order valence-electron chi connectivity index (χ3n) is 5.10. The number of fused-ring (bicyclic) bond motifs is 1. The fourth-order valence-corrected chi connectivity index (χ4v) is 4.47. The van der Waals surface area contributed by atoms with Crippen molar-refractivity contribution in [3.05, 3.63) is 30.3 Å². The lowest BCUT2D eigenvalue weighted by Gasteiger charge is -2.34. The van der Waals surface area contributed by atoms with Crippen LogP contribution in [-0.4, -0.2) is 67.9 Å². The van der Waals surface area contributed by atoms with E-state index in [0.29, 0.717) is 26.1 Å². The lowest BCUT2D eigenvalue weighted by Crippen LogP contribution is -2.50. The molecule has 0 spiro atoms. The quantitative estimate of drug-likeness (QED) is 0.585. The first-order valence-electron chi connectivity index (χ1n) is 11.1. The van der Waals surface area contributed by atoms with Crippen LogP contribution in [0, 0.1) is 0 Å². The van der Waals surface area contributed by atoms with Crippen LogP contribution in [0.15, 0.2) is 30.3 Å². The maximum Gasteiger partial charge on any atom is 0.239 e. The van der Waals surface area contributed by atoms with Crippen molar-refractivity contribution in [2.45, 2.75) is 39.5 Å². The van der Waals surface area contributed by atoms with Crippen molar-refractivity contribution in [1.29, 1.82) is 0 Å². The van der Waals surface area contributed by atoms with Crippen LogP contribution in [0.25, 0.3) is 10.1 Å². The van der Waals surface area contributed by atoms with Crippen molar-refractivity contribution in [3.63, 3.8) is 0 Å². The molecular weight excluding hydrogens is 396 g/mol. The summed E-state index contributed by atoms with van der Waals surface area (Å²) in [6.45, 7) is 8.32. The van der Waals surface area contributed by atoms with Gasteiger partial charge in [0.2, 0.25) is 11.8 Å². The van der Waals surface area contributed by atoms with E-state index in [1.165, 1.54) is 4.70 Å². The van der Waals surface area contributed by atoms with Gasteiger partial charge in [0.1, 0.15) is 0 Å². The normalized spacial score (nSPS) is 14.3. The monoisotopic (exact) mass is 434 g/mol. The van der Waals surface area contributed by atoms with Crippen molar-refractivity contribution in [1.82, 2.24) is 15.1 Å². The molecular formula is C23H38N4O2S. The minimum absolute atomic E-state index is 0. The van der Waals surface area contributed by atoms with Crippen LogP contribution in [-0.2, 0) is 9.59 Å². The lowest BCUT2D eigenvalue weighted by molar-refractivity contribution is -0.133. The smallest absolute Gasteiger partial charge is 0.239 e. The van der Waals surface area contributed by atoms with Gasteiger partial charge >= 0.3 is 0 Å². The molecule has 168 valence electrons. The molecule has 1 fully saturated rings. The molecule has 1 saturated heterocycles. The molecule has 30 heavy (non-hydrogen) atoms. The maximum absolute atomic E-state index is 12.4. The van der Waals surface area contributed by atoms with Crippen molar-refractivity contribution in [2.24, 2.45) is 0 Å². The molecule has 1 aliphatic rings. The van der Waals surface area contributed by atoms with Gasteiger partial charge in [-0.3, -0.25) is 14.5 Å². The van der Waals surface area contributed by atoms with Gasteiger partial charge in [0.05, 0.1) is 11.5 Å². The standard InChI is InChI=1S/C21H30N4O2S.C2H6.H2/c1-22-10-6-2-3-9-21(27)25-13-11-24(12-14-25)16-19(26)23-20-15-17-7-4-5-8-18(17)28-20;1-2;/h4-5,7-8,15,22H,2-3,6,9-14,16H2,1H3,(H,23,26);1-2H3;1H. The van der Waals surface area contributed by atoms with Crippen LogP contribution >= 0.6 is 11.3 Å². The second-order valence-electron chi connectivity index (χ2n) is 7.27. The van der Waals surface area contributed by atoms with Crippen LogP contribution in [0.5, 0.6) is 0 Å². The molecule has 0 unspecified atom stereocenters. The van der Waals surface area contributed by atoms with Crippen LogP contribution < -0.4 is 10.6 Å². The molecule has 0 saturated carbocycles. The summed E-state index contributed by atoms with van der Waals surface area (Å²) < 4.78 is 1.18. The van der Waals surface area contributed by atoms with Gasteiger partial charge < -0.3 is 15.5 Å². The summed E-state index contributed by atoms with van der Waals surface area (Å²) in [5.41, 5.74) is 0. The predicted molar refractivity (Wildman–Crippen MR) is 129 cm³/mol. The van der Waals surface area contributed by atoms with E-state index in [-0.39, 0.29) is 13.2 Å². The molecule has 2 amide bonds. The number of amides is 2. The summed E-state index contributed by atoms with van der Waals surface area (Å²) in [5.74, 6) is 0.259. The highest BCUT2D eigenvalue weighted by Crippen LogP contribution is 2.29. The van der Waals surface area contributed by atoms with Crippen LogP contribution in [0.4, 0.5) is 5.00 Å². The summed E-state index contributed by atoms with van der Waals surface area (Å²) >= 11 is 1.60. The number of anilines is 1. The fourth-order valence-electron chi connectivity index (χ4n) is 3.49. The Balaban J connectivity index is 0.00000156. The van der Waals surface area contributed by atoms with Crippen LogP contribution in [0.3, 0.4) is 0 Å². The summed E-state index contributed by atoms with van der Waals surface area (Å²) in [7, 11) is 1.95. The number of hydrogen-bond donors (Lipinski definition) is 2. The van der Waals surface area contributed by atoms with E-state index < -0.39 is 0 Å². The Hall–Kier alpha value is -1.96. The van der Waals surface area contributed by atoms with E-state index >= 15 is 0 Å². The zero-order valence-corrected chi connectivity index (χ0v) is 19.4. The van der Waals surface area contributed by atoms with E-state index in [1.807, 2.05) is 44.0 Å². The molecule has 0 bridgehead atoms. The first-order chi connectivity index (χ1) is 14.7. The van der Waals surface area contributed by atoms with E-state index in [2.05, 4.69) is 27.7 Å². The summed E-state index contributed by atoms with van der Waals surface area (Å²) in [4.78, 5) is 28.7. The molecule has 7 heteroatoms. The number of nitrogens with one attached hydrogen (secondary N) is 2. The van der Waals surface area contributed by atoms with Gasteiger partial charge in [-0.25, -0.2) is 0 Å². The Morgan fingerprint density at radius 1 is 1.07 bits per heavy atom. The fraction of sp³-hybridized carbons (Fsp3) is 0.565. The molecule has 0 radical (unpaired) electrons. The molecule has 1 aromatic carbocycles. The van der Waals surface area contributed by atoms with E-state index in [4.69, 9.17) is 0 Å². The summed E-state index contributed by atoms with van der Waals surface area (Å²) in [6, 6.07) is 10.1. The molecule has 6 nitrogen and oxygen atoms in total. The van der Waals surface area contributed by atoms with Gasteiger partial charge in [0.15, 0.2) is 0 Å². The van der Waals surface area contributed by atoms with Crippen molar-refractivity contribution < 1.29 is 11.0 Å². The largest absolute Gasteiger partial charge is 0.340 e. The minimum atomic E-state index is 0. The SMILES string of the molecule is CC.CNCCCCCC(=O)N1CCN(CC(=O)Nc2cc3ccccc3s2)CC1.[HH]. The molecule has 2 aromatic rings. The predicted octanol–water partition coefficient (Wildman–Crippen LogP) is 4.04. The van der Waals surface area contributed by atoms with Crippen LogP contribution in [0.2, 0.25) is 0 Å². The summed E-state index contributed by atoms with van der Waals surface area (Å²) in [6.07, 6.45) is 3.80. The molecule has 1 aliphatic heterocycles. The topological polar surface area (TPSA) is 64.7 Å². The Labute approximate surface area is 186 Å². The molecule has 0 aliphatic carbocycles. The second kappa shape index (κ2) is 13.4. The Bertz CT molecular complexity index is 758. The van der Waals surface area contributed by atoms with Gasteiger partial charge in [0.25, 0.3) is 0 Å². The number of benzene rings is 1. The average Bonchev–Trinajstić information content (AvgIpc) is 3.17. The molecule has 2 N–H and O–H groups in total. The highest BCUT2D eigenvalue weighted by atomic mass is 32.1. The number of hydrogen-bond acceptors (Lipinski definition) is 5. The average molecular weight is 435 g/mol. The zero-order valence-electron chi connectivity index (χ0n) is 18.6. The third-order valence-corrected chi connectivity index (χ3v) is 6.13. The van der Waals surface area contributed by atoms with Gasteiger partial charge in [-0.15, -0.1) is 11.3 Å². The minimum Gasteiger partial charge on any atom is -0.340 e. The highest BCUT2D eigenvalue weighted by molar-refractivity contribution is 7.22. The van der Waals surface area contributed by atoms with Crippen molar-refractivity contribution in [3.8, 4) is 0 Å². The maximum atomic E-state index is 12.4. The first-order valence-corrected chi connectivity index (χ1v) is 11.9. The van der Waals surface area contributed by atoms with Crippen molar-refractivity contribution in [2.75, 3.05) is 51.6 Å². The lowest BCUT2D eigenvalue weighted by atomic mass is 10.1. The number of nitrogens with zero attached hydrogens (tertiary/aromatic N) is 2. The van der Waals surface area contributed by atoms with E-state index in [1.54, 1.807) is 11.3 Å². The zero-order chi connectivity index (χ0) is 21.8. The number of rotatable bonds is 9. The Kier molecular flexibility index (Phi) is 10.8. The van der Waals surface area contributed by atoms with Crippen molar-refractivity contribution >= 4 is 38.2 Å².